The van der Waals surface area contributed by atoms with Crippen LogP contribution in [0.2, 0.25) is 0 Å². The summed E-state index contributed by atoms with van der Waals surface area (Å²) in [6, 6.07) is 18.6. The second-order valence-electron chi connectivity index (χ2n) is 6.34. The van der Waals surface area contributed by atoms with Crippen molar-refractivity contribution in [1.82, 2.24) is 0 Å². The molecule has 124 valence electrons. The van der Waals surface area contributed by atoms with Crippen molar-refractivity contribution in [1.29, 1.82) is 0 Å². The van der Waals surface area contributed by atoms with Gasteiger partial charge in [-0.25, -0.2) is 0 Å². The van der Waals surface area contributed by atoms with Gasteiger partial charge in [0.2, 0.25) is 0 Å². The summed E-state index contributed by atoms with van der Waals surface area (Å²) in [5.74, 6) is 0.552. The van der Waals surface area contributed by atoms with Crippen LogP contribution in [0.15, 0.2) is 60.7 Å². The lowest BCUT2D eigenvalue weighted by Gasteiger charge is -2.30. The van der Waals surface area contributed by atoms with Crippen LogP contribution in [-0.2, 0) is 16.1 Å². The van der Waals surface area contributed by atoms with Crippen molar-refractivity contribution >= 4 is 5.57 Å². The molecular weight excluding hydrogens is 300 g/mol. The highest BCUT2D eigenvalue weighted by molar-refractivity contribution is 5.67. The third-order valence-corrected chi connectivity index (χ3v) is 4.70. The molecule has 0 radical (unpaired) electrons. The Kier molecular flexibility index (Phi) is 4.37. The van der Waals surface area contributed by atoms with Gasteiger partial charge in [-0.1, -0.05) is 48.5 Å². The lowest BCUT2D eigenvalue weighted by atomic mass is 9.90. The Hall–Kier alpha value is -2.10. The second kappa shape index (κ2) is 6.80. The maximum atomic E-state index is 5.94. The van der Waals surface area contributed by atoms with Gasteiger partial charge in [0.25, 0.3) is 0 Å². The SMILES string of the molecule is C1=C(c2cccc(OCc3ccccc3)c2)CCC2(C1)OCCO2. The summed E-state index contributed by atoms with van der Waals surface area (Å²) in [5.41, 5.74) is 3.76. The molecule has 1 fully saturated rings. The number of rotatable bonds is 4. The maximum absolute atomic E-state index is 5.94. The van der Waals surface area contributed by atoms with E-state index in [2.05, 4.69) is 36.4 Å². The molecule has 3 nitrogen and oxygen atoms in total. The van der Waals surface area contributed by atoms with Crippen LogP contribution in [0, 0.1) is 0 Å². The summed E-state index contributed by atoms with van der Waals surface area (Å²) in [7, 11) is 0. The number of hydrogen-bond acceptors (Lipinski definition) is 3. The molecule has 0 bridgehead atoms. The van der Waals surface area contributed by atoms with Crippen molar-refractivity contribution in [3.63, 3.8) is 0 Å². The number of benzene rings is 2. The summed E-state index contributed by atoms with van der Waals surface area (Å²) in [5, 5.41) is 0. The van der Waals surface area contributed by atoms with Gasteiger partial charge in [0, 0.05) is 12.8 Å². The molecule has 1 saturated heterocycles. The highest BCUT2D eigenvalue weighted by Crippen LogP contribution is 2.38. The van der Waals surface area contributed by atoms with Gasteiger partial charge in [-0.2, -0.15) is 0 Å². The summed E-state index contributed by atoms with van der Waals surface area (Å²) < 4.78 is 17.5. The van der Waals surface area contributed by atoms with E-state index in [0.29, 0.717) is 19.8 Å². The van der Waals surface area contributed by atoms with Crippen LogP contribution in [0.1, 0.15) is 30.4 Å². The fourth-order valence-corrected chi connectivity index (χ4v) is 3.36. The summed E-state index contributed by atoms with van der Waals surface area (Å²) >= 11 is 0. The molecule has 0 amide bonds. The molecular formula is C21H22O3. The minimum Gasteiger partial charge on any atom is -0.489 e. The summed E-state index contributed by atoms with van der Waals surface area (Å²) in [6.45, 7) is 2.02. The van der Waals surface area contributed by atoms with Gasteiger partial charge in [-0.15, -0.1) is 0 Å². The normalized spacial score (nSPS) is 19.2. The predicted molar refractivity (Wildman–Crippen MR) is 93.7 cm³/mol. The van der Waals surface area contributed by atoms with Crippen molar-refractivity contribution < 1.29 is 14.2 Å². The molecule has 1 aliphatic heterocycles. The van der Waals surface area contributed by atoms with Crippen molar-refractivity contribution in [2.75, 3.05) is 13.2 Å². The fraction of sp³-hybridized carbons (Fsp3) is 0.333. The third-order valence-electron chi connectivity index (χ3n) is 4.70. The van der Waals surface area contributed by atoms with E-state index < -0.39 is 0 Å². The van der Waals surface area contributed by atoms with Crippen LogP contribution >= 0.6 is 0 Å². The number of hydrogen-bond donors (Lipinski definition) is 0. The number of ether oxygens (including phenoxy) is 3. The maximum Gasteiger partial charge on any atom is 0.172 e. The fourth-order valence-electron chi connectivity index (χ4n) is 3.36. The minimum atomic E-state index is -0.356. The lowest BCUT2D eigenvalue weighted by Crippen LogP contribution is -2.31. The van der Waals surface area contributed by atoms with Crippen molar-refractivity contribution in [2.45, 2.75) is 31.7 Å². The van der Waals surface area contributed by atoms with Gasteiger partial charge < -0.3 is 14.2 Å². The van der Waals surface area contributed by atoms with E-state index in [9.17, 15) is 0 Å². The van der Waals surface area contributed by atoms with Gasteiger partial charge in [0.15, 0.2) is 5.79 Å². The molecule has 1 heterocycles. The molecule has 0 saturated carbocycles. The summed E-state index contributed by atoms with van der Waals surface area (Å²) in [6.07, 6.45) is 4.98. The molecule has 3 heteroatoms. The van der Waals surface area contributed by atoms with Crippen LogP contribution in [0.5, 0.6) is 5.75 Å². The van der Waals surface area contributed by atoms with E-state index in [1.165, 1.54) is 16.7 Å². The quantitative estimate of drug-likeness (QED) is 0.825. The number of allylic oxidation sites excluding steroid dienone is 1. The molecule has 2 aromatic carbocycles. The molecule has 24 heavy (non-hydrogen) atoms. The Morgan fingerprint density at radius 2 is 1.79 bits per heavy atom. The summed E-state index contributed by atoms with van der Waals surface area (Å²) in [4.78, 5) is 0. The highest BCUT2D eigenvalue weighted by Gasteiger charge is 2.37. The largest absolute Gasteiger partial charge is 0.489 e. The first-order valence-corrected chi connectivity index (χ1v) is 8.57. The molecule has 0 unspecified atom stereocenters. The lowest BCUT2D eigenvalue weighted by molar-refractivity contribution is -0.159. The molecule has 4 rings (SSSR count). The van der Waals surface area contributed by atoms with E-state index in [0.717, 1.165) is 25.0 Å². The van der Waals surface area contributed by atoms with E-state index in [1.54, 1.807) is 0 Å². The Morgan fingerprint density at radius 3 is 2.54 bits per heavy atom. The van der Waals surface area contributed by atoms with Gasteiger partial charge in [0.05, 0.1) is 13.2 Å². The van der Waals surface area contributed by atoms with Crippen LogP contribution in [0.4, 0.5) is 0 Å². The van der Waals surface area contributed by atoms with Crippen LogP contribution in [0.25, 0.3) is 5.57 Å². The average molecular weight is 322 g/mol. The van der Waals surface area contributed by atoms with E-state index in [1.807, 2.05) is 24.3 Å². The van der Waals surface area contributed by atoms with Crippen LogP contribution in [0.3, 0.4) is 0 Å². The topological polar surface area (TPSA) is 27.7 Å². The molecule has 1 spiro atoms. The second-order valence-corrected chi connectivity index (χ2v) is 6.34. The zero-order chi connectivity index (χ0) is 16.2. The van der Waals surface area contributed by atoms with Crippen molar-refractivity contribution in [2.24, 2.45) is 0 Å². The van der Waals surface area contributed by atoms with Crippen LogP contribution in [-0.4, -0.2) is 19.0 Å². The van der Waals surface area contributed by atoms with Gasteiger partial charge >= 0.3 is 0 Å². The zero-order valence-electron chi connectivity index (χ0n) is 13.7. The zero-order valence-corrected chi connectivity index (χ0v) is 13.7. The molecule has 0 atom stereocenters. The first-order chi connectivity index (χ1) is 11.8. The molecule has 2 aromatic rings. The predicted octanol–water partition coefficient (Wildman–Crippen LogP) is 4.58. The van der Waals surface area contributed by atoms with Gasteiger partial charge in [-0.3, -0.25) is 0 Å². The smallest absolute Gasteiger partial charge is 0.172 e. The molecule has 0 N–H and O–H groups in total. The Bertz CT molecular complexity index is 715. The van der Waals surface area contributed by atoms with E-state index >= 15 is 0 Å². The first-order valence-electron chi connectivity index (χ1n) is 8.57. The highest BCUT2D eigenvalue weighted by atomic mass is 16.7. The molecule has 2 aliphatic rings. The van der Waals surface area contributed by atoms with Crippen molar-refractivity contribution in [3.8, 4) is 5.75 Å². The van der Waals surface area contributed by atoms with Gasteiger partial charge in [-0.05, 0) is 35.3 Å². The van der Waals surface area contributed by atoms with Crippen LogP contribution < -0.4 is 4.74 Å². The Balaban J connectivity index is 1.44. The first kappa shape index (κ1) is 15.4. The standard InChI is InChI=1S/C21H22O3/c1-2-5-17(6-3-1)16-22-20-8-4-7-19(15-20)18-9-11-21(12-10-18)23-13-14-24-21/h1-9,15H,10-14,16H2. The Labute approximate surface area is 142 Å². The van der Waals surface area contributed by atoms with E-state index in [-0.39, 0.29) is 5.79 Å². The molecule has 0 aromatic heterocycles. The average Bonchev–Trinajstić information content (AvgIpc) is 3.10. The van der Waals surface area contributed by atoms with Crippen molar-refractivity contribution in [3.05, 3.63) is 71.8 Å². The Morgan fingerprint density at radius 1 is 0.958 bits per heavy atom. The molecule has 1 aliphatic carbocycles. The third kappa shape index (κ3) is 3.37. The monoisotopic (exact) mass is 322 g/mol. The minimum absolute atomic E-state index is 0.356. The van der Waals surface area contributed by atoms with E-state index in [4.69, 9.17) is 14.2 Å². The van der Waals surface area contributed by atoms with Gasteiger partial charge in [0.1, 0.15) is 12.4 Å².